The summed E-state index contributed by atoms with van der Waals surface area (Å²) in [4.78, 5) is 14.5. The molecule has 1 amide bonds. The molecule has 5 heteroatoms. The average Bonchev–Trinajstić information content (AvgIpc) is 2.48. The van der Waals surface area contributed by atoms with Gasteiger partial charge in [-0.3, -0.25) is 4.79 Å². The van der Waals surface area contributed by atoms with Crippen LogP contribution in [0.15, 0.2) is 46.9 Å². The highest BCUT2D eigenvalue weighted by Crippen LogP contribution is 2.33. The first-order chi connectivity index (χ1) is 9.66. The van der Waals surface area contributed by atoms with Crippen molar-refractivity contribution in [2.45, 2.75) is 0 Å². The van der Waals surface area contributed by atoms with Gasteiger partial charge in [-0.05, 0) is 68.9 Å². The number of rotatable bonds is 1. The van der Waals surface area contributed by atoms with Crippen molar-refractivity contribution < 1.29 is 9.53 Å². The number of para-hydroxylation sites is 2. The molecule has 0 unspecified atom stereocenters. The molecular formula is C15H11BrINO2. The van der Waals surface area contributed by atoms with Gasteiger partial charge in [0.05, 0.1) is 17.8 Å². The lowest BCUT2D eigenvalue weighted by molar-refractivity contribution is 0.0976. The molecule has 3 rings (SSSR count). The Morgan fingerprint density at radius 3 is 2.90 bits per heavy atom. The molecule has 0 N–H and O–H groups in total. The van der Waals surface area contributed by atoms with E-state index in [1.807, 2.05) is 42.5 Å². The summed E-state index contributed by atoms with van der Waals surface area (Å²) in [6.45, 7) is 1.08. The van der Waals surface area contributed by atoms with E-state index in [1.165, 1.54) is 0 Å². The minimum absolute atomic E-state index is 0.00820. The van der Waals surface area contributed by atoms with Crippen LogP contribution in [0.4, 0.5) is 5.69 Å². The van der Waals surface area contributed by atoms with Crippen LogP contribution in [0.25, 0.3) is 0 Å². The van der Waals surface area contributed by atoms with Gasteiger partial charge in [-0.25, -0.2) is 0 Å². The predicted octanol–water partition coefficient (Wildman–Crippen LogP) is 4.09. The van der Waals surface area contributed by atoms with Gasteiger partial charge in [-0.2, -0.15) is 0 Å². The number of ether oxygens (including phenoxy) is 1. The van der Waals surface area contributed by atoms with Crippen molar-refractivity contribution in [1.82, 2.24) is 0 Å². The molecule has 1 heterocycles. The molecule has 0 aromatic heterocycles. The highest BCUT2D eigenvalue weighted by Gasteiger charge is 2.25. The van der Waals surface area contributed by atoms with E-state index in [4.69, 9.17) is 4.74 Å². The van der Waals surface area contributed by atoms with E-state index >= 15 is 0 Å². The second-order valence-corrected chi connectivity index (χ2v) is 6.50. The van der Waals surface area contributed by atoms with E-state index in [1.54, 1.807) is 4.90 Å². The highest BCUT2D eigenvalue weighted by atomic mass is 127. The molecule has 1 aliphatic heterocycles. The zero-order chi connectivity index (χ0) is 14.1. The van der Waals surface area contributed by atoms with Crippen molar-refractivity contribution >= 4 is 50.1 Å². The Morgan fingerprint density at radius 2 is 2.05 bits per heavy atom. The van der Waals surface area contributed by atoms with Crippen LogP contribution in [0.1, 0.15) is 10.4 Å². The maximum Gasteiger partial charge on any atom is 0.259 e. The molecular weight excluding hydrogens is 433 g/mol. The standard InChI is InChI=1S/C15H11BrINO2/c16-12-6-5-10(17)9-11(12)15(19)18-7-8-20-14-4-2-1-3-13(14)18/h1-6,9H,7-8H2. The zero-order valence-electron chi connectivity index (χ0n) is 10.5. The molecule has 2 aromatic rings. The van der Waals surface area contributed by atoms with E-state index in [0.29, 0.717) is 18.7 Å². The molecule has 102 valence electrons. The van der Waals surface area contributed by atoms with E-state index in [9.17, 15) is 4.79 Å². The number of carbonyl (C=O) groups excluding carboxylic acids is 1. The molecule has 0 saturated carbocycles. The van der Waals surface area contributed by atoms with Crippen LogP contribution in [0, 0.1) is 3.57 Å². The number of hydrogen-bond acceptors (Lipinski definition) is 2. The average molecular weight is 444 g/mol. The van der Waals surface area contributed by atoms with Gasteiger partial charge in [-0.1, -0.05) is 12.1 Å². The second-order valence-electron chi connectivity index (χ2n) is 4.40. The number of hydrogen-bond donors (Lipinski definition) is 0. The fourth-order valence-corrected chi connectivity index (χ4v) is 3.09. The van der Waals surface area contributed by atoms with Crippen molar-refractivity contribution in [3.8, 4) is 5.75 Å². The van der Waals surface area contributed by atoms with E-state index in [2.05, 4.69) is 38.5 Å². The van der Waals surface area contributed by atoms with Gasteiger partial charge in [0.2, 0.25) is 0 Å². The molecule has 3 nitrogen and oxygen atoms in total. The van der Waals surface area contributed by atoms with E-state index in [0.717, 1.165) is 19.5 Å². The summed E-state index contributed by atoms with van der Waals surface area (Å²) in [6.07, 6.45) is 0. The lowest BCUT2D eigenvalue weighted by Crippen LogP contribution is -2.38. The van der Waals surface area contributed by atoms with Crippen LogP contribution in [0.2, 0.25) is 0 Å². The fraction of sp³-hybridized carbons (Fsp3) is 0.133. The van der Waals surface area contributed by atoms with Crippen molar-refractivity contribution in [2.75, 3.05) is 18.1 Å². The summed E-state index contributed by atoms with van der Waals surface area (Å²) in [5, 5.41) is 0. The van der Waals surface area contributed by atoms with Gasteiger partial charge in [0, 0.05) is 8.04 Å². The topological polar surface area (TPSA) is 29.5 Å². The Labute approximate surface area is 139 Å². The number of halogens is 2. The van der Waals surface area contributed by atoms with Crippen LogP contribution < -0.4 is 9.64 Å². The smallest absolute Gasteiger partial charge is 0.259 e. The minimum atomic E-state index is -0.00820. The van der Waals surface area contributed by atoms with Gasteiger partial charge in [0.25, 0.3) is 5.91 Å². The first-order valence-electron chi connectivity index (χ1n) is 6.15. The van der Waals surface area contributed by atoms with Crippen LogP contribution in [-0.4, -0.2) is 19.1 Å². The van der Waals surface area contributed by atoms with Gasteiger partial charge < -0.3 is 9.64 Å². The van der Waals surface area contributed by atoms with E-state index in [-0.39, 0.29) is 5.91 Å². The number of nitrogens with zero attached hydrogens (tertiary/aromatic N) is 1. The molecule has 0 saturated heterocycles. The van der Waals surface area contributed by atoms with Gasteiger partial charge in [0.1, 0.15) is 12.4 Å². The zero-order valence-corrected chi connectivity index (χ0v) is 14.2. The molecule has 0 bridgehead atoms. The quantitative estimate of drug-likeness (QED) is 0.621. The molecule has 2 aromatic carbocycles. The summed E-state index contributed by atoms with van der Waals surface area (Å²) in [5.41, 5.74) is 1.50. The molecule has 0 radical (unpaired) electrons. The SMILES string of the molecule is O=C(c1cc(I)ccc1Br)N1CCOc2ccccc21. The molecule has 0 aliphatic carbocycles. The number of carbonyl (C=O) groups is 1. The molecule has 0 spiro atoms. The minimum Gasteiger partial charge on any atom is -0.490 e. The van der Waals surface area contributed by atoms with E-state index < -0.39 is 0 Å². The summed E-state index contributed by atoms with van der Waals surface area (Å²) in [7, 11) is 0. The molecule has 0 atom stereocenters. The Bertz CT molecular complexity index is 675. The lowest BCUT2D eigenvalue weighted by Gasteiger charge is -2.29. The predicted molar refractivity (Wildman–Crippen MR) is 90.5 cm³/mol. The monoisotopic (exact) mass is 443 g/mol. The third kappa shape index (κ3) is 2.56. The summed E-state index contributed by atoms with van der Waals surface area (Å²) >= 11 is 5.67. The maximum atomic E-state index is 12.8. The Morgan fingerprint density at radius 1 is 1.25 bits per heavy atom. The first-order valence-corrected chi connectivity index (χ1v) is 8.03. The fourth-order valence-electron chi connectivity index (χ4n) is 2.19. The Hall–Kier alpha value is -1.08. The van der Waals surface area contributed by atoms with Gasteiger partial charge >= 0.3 is 0 Å². The third-order valence-corrected chi connectivity index (χ3v) is 4.49. The maximum absolute atomic E-state index is 12.8. The number of benzene rings is 2. The van der Waals surface area contributed by atoms with Crippen molar-refractivity contribution in [3.63, 3.8) is 0 Å². The number of anilines is 1. The number of fused-ring (bicyclic) bond motifs is 1. The summed E-state index contributed by atoms with van der Waals surface area (Å²) < 4.78 is 7.44. The van der Waals surface area contributed by atoms with Crippen molar-refractivity contribution in [2.24, 2.45) is 0 Å². The Balaban J connectivity index is 2.02. The third-order valence-electron chi connectivity index (χ3n) is 3.13. The van der Waals surface area contributed by atoms with Crippen molar-refractivity contribution in [1.29, 1.82) is 0 Å². The highest BCUT2D eigenvalue weighted by molar-refractivity contribution is 14.1. The van der Waals surface area contributed by atoms with Gasteiger partial charge in [-0.15, -0.1) is 0 Å². The van der Waals surface area contributed by atoms with Crippen molar-refractivity contribution in [3.05, 3.63) is 56.1 Å². The van der Waals surface area contributed by atoms with Crippen LogP contribution in [-0.2, 0) is 0 Å². The number of amides is 1. The van der Waals surface area contributed by atoms with Crippen LogP contribution in [0.5, 0.6) is 5.75 Å². The van der Waals surface area contributed by atoms with Crippen LogP contribution >= 0.6 is 38.5 Å². The van der Waals surface area contributed by atoms with Gasteiger partial charge in [0.15, 0.2) is 0 Å². The normalized spacial score (nSPS) is 13.6. The van der Waals surface area contributed by atoms with Crippen LogP contribution in [0.3, 0.4) is 0 Å². The molecule has 1 aliphatic rings. The largest absolute Gasteiger partial charge is 0.490 e. The first kappa shape index (κ1) is 13.9. The molecule has 0 fully saturated rings. The second kappa shape index (κ2) is 5.73. The Kier molecular flexibility index (Phi) is 3.98. The summed E-state index contributed by atoms with van der Waals surface area (Å²) in [6, 6.07) is 13.4. The summed E-state index contributed by atoms with van der Waals surface area (Å²) in [5.74, 6) is 0.750. The molecule has 20 heavy (non-hydrogen) atoms. The lowest BCUT2D eigenvalue weighted by atomic mass is 10.1.